The van der Waals surface area contributed by atoms with Gasteiger partial charge < -0.3 is 15.8 Å². The van der Waals surface area contributed by atoms with Gasteiger partial charge in [-0.25, -0.2) is 0 Å². The molecule has 0 aliphatic heterocycles. The van der Waals surface area contributed by atoms with Gasteiger partial charge in [0.2, 0.25) is 0 Å². The smallest absolute Gasteiger partial charge is 0.120 e. The number of rotatable bonds is 3. The number of nitrogens with two attached hydrogens (primary N) is 1. The standard InChI is InChI=1S/C13H13BrN2O/c1-17-11-4-2-3-10(8-11)16-13-6-5-9(14)7-12(13)15/h2-8,16H,15H2,1H3. The number of nitrogen functional groups attached to an aromatic ring is 1. The van der Waals surface area contributed by atoms with Gasteiger partial charge in [0.05, 0.1) is 18.5 Å². The number of hydrogen-bond acceptors (Lipinski definition) is 3. The molecule has 88 valence electrons. The fourth-order valence-corrected chi connectivity index (χ4v) is 1.88. The van der Waals surface area contributed by atoms with Crippen LogP contribution in [-0.4, -0.2) is 7.11 Å². The van der Waals surface area contributed by atoms with E-state index in [4.69, 9.17) is 10.5 Å². The maximum atomic E-state index is 5.92. The maximum Gasteiger partial charge on any atom is 0.120 e. The van der Waals surface area contributed by atoms with Crippen LogP contribution in [0.5, 0.6) is 5.75 Å². The number of halogens is 1. The van der Waals surface area contributed by atoms with Gasteiger partial charge in [0.1, 0.15) is 5.75 Å². The summed E-state index contributed by atoms with van der Waals surface area (Å²) in [5.41, 5.74) is 8.43. The number of anilines is 3. The Balaban J connectivity index is 2.25. The van der Waals surface area contributed by atoms with Gasteiger partial charge in [-0.3, -0.25) is 0 Å². The van der Waals surface area contributed by atoms with E-state index in [0.717, 1.165) is 21.6 Å². The van der Waals surface area contributed by atoms with E-state index < -0.39 is 0 Å². The van der Waals surface area contributed by atoms with Crippen LogP contribution >= 0.6 is 15.9 Å². The SMILES string of the molecule is COc1cccc(Nc2ccc(Br)cc2N)c1. The monoisotopic (exact) mass is 292 g/mol. The molecule has 2 aromatic carbocycles. The zero-order chi connectivity index (χ0) is 12.3. The van der Waals surface area contributed by atoms with Crippen molar-refractivity contribution in [3.05, 3.63) is 46.9 Å². The lowest BCUT2D eigenvalue weighted by Gasteiger charge is -2.10. The molecule has 0 fully saturated rings. The molecular formula is C13H13BrN2O. The van der Waals surface area contributed by atoms with Crippen LogP contribution in [0.3, 0.4) is 0 Å². The molecule has 0 bridgehead atoms. The van der Waals surface area contributed by atoms with Crippen molar-refractivity contribution in [2.75, 3.05) is 18.2 Å². The molecule has 0 saturated carbocycles. The van der Waals surface area contributed by atoms with Gasteiger partial charge in [0.25, 0.3) is 0 Å². The normalized spacial score (nSPS) is 10.0. The van der Waals surface area contributed by atoms with Gasteiger partial charge in [-0.1, -0.05) is 22.0 Å². The molecule has 2 rings (SSSR count). The lowest BCUT2D eigenvalue weighted by Crippen LogP contribution is -1.96. The van der Waals surface area contributed by atoms with Crippen molar-refractivity contribution in [2.45, 2.75) is 0 Å². The minimum absolute atomic E-state index is 0.696. The van der Waals surface area contributed by atoms with Crippen LogP contribution in [0.4, 0.5) is 17.1 Å². The predicted octanol–water partition coefficient (Wildman–Crippen LogP) is 3.78. The Morgan fingerprint density at radius 2 is 2.00 bits per heavy atom. The van der Waals surface area contributed by atoms with Crippen LogP contribution in [0.15, 0.2) is 46.9 Å². The highest BCUT2D eigenvalue weighted by Gasteiger charge is 2.01. The van der Waals surface area contributed by atoms with Crippen LogP contribution in [-0.2, 0) is 0 Å². The molecule has 0 heterocycles. The first-order valence-electron chi connectivity index (χ1n) is 5.15. The first kappa shape index (κ1) is 11.8. The maximum absolute atomic E-state index is 5.92. The summed E-state index contributed by atoms with van der Waals surface area (Å²) in [5, 5.41) is 3.25. The summed E-state index contributed by atoms with van der Waals surface area (Å²) in [5.74, 6) is 0.811. The van der Waals surface area contributed by atoms with Crippen molar-refractivity contribution in [2.24, 2.45) is 0 Å². The Morgan fingerprint density at radius 1 is 1.18 bits per heavy atom. The third-order valence-electron chi connectivity index (χ3n) is 2.36. The van der Waals surface area contributed by atoms with Gasteiger partial charge in [0, 0.05) is 16.2 Å². The highest BCUT2D eigenvalue weighted by molar-refractivity contribution is 9.10. The Morgan fingerprint density at radius 3 is 2.71 bits per heavy atom. The number of ether oxygens (including phenoxy) is 1. The average Bonchev–Trinajstić information content (AvgIpc) is 2.33. The zero-order valence-corrected chi connectivity index (χ0v) is 11.0. The van der Waals surface area contributed by atoms with Crippen LogP contribution in [0.25, 0.3) is 0 Å². The molecule has 0 radical (unpaired) electrons. The van der Waals surface area contributed by atoms with Crippen molar-refractivity contribution in [1.29, 1.82) is 0 Å². The van der Waals surface area contributed by atoms with Crippen molar-refractivity contribution in [3.63, 3.8) is 0 Å². The number of methoxy groups -OCH3 is 1. The zero-order valence-electron chi connectivity index (χ0n) is 9.41. The molecule has 2 aromatic rings. The van der Waals surface area contributed by atoms with Gasteiger partial charge in [-0.15, -0.1) is 0 Å². The summed E-state index contributed by atoms with van der Waals surface area (Å²) in [7, 11) is 1.65. The summed E-state index contributed by atoms with van der Waals surface area (Å²) in [6, 6.07) is 13.4. The highest BCUT2D eigenvalue weighted by Crippen LogP contribution is 2.27. The molecule has 0 aromatic heterocycles. The largest absolute Gasteiger partial charge is 0.497 e. The van der Waals surface area contributed by atoms with E-state index in [2.05, 4.69) is 21.2 Å². The lowest BCUT2D eigenvalue weighted by atomic mass is 10.2. The van der Waals surface area contributed by atoms with E-state index in [1.165, 1.54) is 0 Å². The lowest BCUT2D eigenvalue weighted by molar-refractivity contribution is 0.415. The van der Waals surface area contributed by atoms with Crippen molar-refractivity contribution >= 4 is 33.0 Å². The van der Waals surface area contributed by atoms with E-state index in [0.29, 0.717) is 5.69 Å². The third kappa shape index (κ3) is 2.91. The second kappa shape index (κ2) is 5.10. The van der Waals surface area contributed by atoms with Gasteiger partial charge in [-0.2, -0.15) is 0 Å². The summed E-state index contributed by atoms with van der Waals surface area (Å²) in [4.78, 5) is 0. The van der Waals surface area contributed by atoms with Gasteiger partial charge >= 0.3 is 0 Å². The molecule has 0 aliphatic carbocycles. The van der Waals surface area contributed by atoms with E-state index in [1.54, 1.807) is 7.11 Å². The quantitative estimate of drug-likeness (QED) is 0.847. The van der Waals surface area contributed by atoms with Crippen LogP contribution in [0.1, 0.15) is 0 Å². The predicted molar refractivity (Wildman–Crippen MR) is 74.8 cm³/mol. The summed E-state index contributed by atoms with van der Waals surface area (Å²) < 4.78 is 6.13. The van der Waals surface area contributed by atoms with Crippen LogP contribution < -0.4 is 15.8 Å². The molecule has 0 unspecified atom stereocenters. The Labute approximate surface area is 109 Å². The fraction of sp³-hybridized carbons (Fsp3) is 0.0769. The number of hydrogen-bond donors (Lipinski definition) is 2. The number of nitrogens with one attached hydrogen (secondary N) is 1. The summed E-state index contributed by atoms with van der Waals surface area (Å²) in [6.45, 7) is 0. The molecule has 0 amide bonds. The second-order valence-electron chi connectivity index (χ2n) is 3.59. The van der Waals surface area contributed by atoms with Crippen LogP contribution in [0, 0.1) is 0 Å². The molecular weight excluding hydrogens is 280 g/mol. The van der Waals surface area contributed by atoms with E-state index in [1.807, 2.05) is 42.5 Å². The molecule has 17 heavy (non-hydrogen) atoms. The van der Waals surface area contributed by atoms with Crippen molar-refractivity contribution in [3.8, 4) is 5.75 Å². The molecule has 3 N–H and O–H groups in total. The van der Waals surface area contributed by atoms with Crippen molar-refractivity contribution < 1.29 is 4.74 Å². The van der Waals surface area contributed by atoms with Crippen molar-refractivity contribution in [1.82, 2.24) is 0 Å². The highest BCUT2D eigenvalue weighted by atomic mass is 79.9. The summed E-state index contributed by atoms with van der Waals surface area (Å²) >= 11 is 3.38. The molecule has 0 aliphatic rings. The molecule has 0 spiro atoms. The second-order valence-corrected chi connectivity index (χ2v) is 4.50. The third-order valence-corrected chi connectivity index (χ3v) is 2.86. The molecule has 0 saturated heterocycles. The fourth-order valence-electron chi connectivity index (χ4n) is 1.50. The van der Waals surface area contributed by atoms with Gasteiger partial charge in [-0.05, 0) is 30.3 Å². The molecule has 0 atom stereocenters. The molecule has 3 nitrogen and oxygen atoms in total. The van der Waals surface area contributed by atoms with E-state index in [9.17, 15) is 0 Å². The first-order valence-corrected chi connectivity index (χ1v) is 5.94. The Kier molecular flexibility index (Phi) is 3.54. The average molecular weight is 293 g/mol. The van der Waals surface area contributed by atoms with E-state index in [-0.39, 0.29) is 0 Å². The van der Waals surface area contributed by atoms with Gasteiger partial charge in [0.15, 0.2) is 0 Å². The van der Waals surface area contributed by atoms with E-state index >= 15 is 0 Å². The Bertz CT molecular complexity index is 529. The topological polar surface area (TPSA) is 47.3 Å². The number of benzene rings is 2. The molecule has 4 heteroatoms. The Hall–Kier alpha value is -1.68. The first-order chi connectivity index (χ1) is 8.19. The minimum atomic E-state index is 0.696. The van der Waals surface area contributed by atoms with Crippen LogP contribution in [0.2, 0.25) is 0 Å². The minimum Gasteiger partial charge on any atom is -0.497 e. The summed E-state index contributed by atoms with van der Waals surface area (Å²) in [6.07, 6.45) is 0.